The number of methoxy groups -OCH3 is 2. The normalized spacial score (nSPS) is 13.7. The fourth-order valence-electron chi connectivity index (χ4n) is 3.36. The van der Waals surface area contributed by atoms with Gasteiger partial charge < -0.3 is 24.6 Å². The van der Waals surface area contributed by atoms with Crippen molar-refractivity contribution in [3.05, 3.63) is 48.3 Å². The summed E-state index contributed by atoms with van der Waals surface area (Å²) < 4.78 is 23.5. The summed E-state index contributed by atoms with van der Waals surface area (Å²) >= 11 is 0. The van der Waals surface area contributed by atoms with E-state index in [4.69, 9.17) is 9.47 Å². The zero-order valence-electron chi connectivity index (χ0n) is 17.2. The molecule has 2 aromatic rings. The van der Waals surface area contributed by atoms with Crippen LogP contribution in [0.4, 0.5) is 15.8 Å². The summed E-state index contributed by atoms with van der Waals surface area (Å²) in [6, 6.07) is 11.5. The molecule has 2 amide bonds. The molecule has 7 nitrogen and oxygen atoms in total. The number of hydrogen-bond donors (Lipinski definition) is 1. The second kappa shape index (κ2) is 9.96. The molecule has 0 aromatic heterocycles. The van der Waals surface area contributed by atoms with Crippen LogP contribution in [0, 0.1) is 5.82 Å². The Hall–Kier alpha value is -3.29. The maximum absolute atomic E-state index is 13.1. The van der Waals surface area contributed by atoms with E-state index in [9.17, 15) is 14.0 Å². The summed E-state index contributed by atoms with van der Waals surface area (Å²) in [5.41, 5.74) is 1.47. The molecule has 3 rings (SSSR count). The van der Waals surface area contributed by atoms with Crippen LogP contribution in [-0.2, 0) is 9.59 Å². The molecule has 1 fully saturated rings. The number of ether oxygens (including phenoxy) is 2. The molecule has 1 aliphatic heterocycles. The van der Waals surface area contributed by atoms with Crippen molar-refractivity contribution in [3.8, 4) is 11.5 Å². The van der Waals surface area contributed by atoms with E-state index in [1.807, 2.05) is 0 Å². The van der Waals surface area contributed by atoms with E-state index in [2.05, 4.69) is 10.2 Å². The van der Waals surface area contributed by atoms with E-state index in [1.54, 1.807) is 42.3 Å². The number of benzene rings is 2. The number of anilines is 2. The topological polar surface area (TPSA) is 71.1 Å². The summed E-state index contributed by atoms with van der Waals surface area (Å²) in [5, 5.41) is 2.78. The molecule has 0 bridgehead atoms. The van der Waals surface area contributed by atoms with Gasteiger partial charge in [-0.05, 0) is 36.4 Å². The minimum atomic E-state index is -0.266. The van der Waals surface area contributed by atoms with Crippen molar-refractivity contribution in [2.45, 2.75) is 12.8 Å². The lowest BCUT2D eigenvalue weighted by Gasteiger charge is -2.36. The van der Waals surface area contributed by atoms with Crippen molar-refractivity contribution >= 4 is 23.2 Å². The van der Waals surface area contributed by atoms with Crippen LogP contribution in [-0.4, -0.2) is 57.1 Å². The third-order valence-electron chi connectivity index (χ3n) is 5.07. The van der Waals surface area contributed by atoms with Crippen LogP contribution in [0.25, 0.3) is 0 Å². The van der Waals surface area contributed by atoms with Crippen molar-refractivity contribution in [1.29, 1.82) is 0 Å². The first-order chi connectivity index (χ1) is 14.5. The van der Waals surface area contributed by atoms with Crippen LogP contribution < -0.4 is 19.7 Å². The van der Waals surface area contributed by atoms with Gasteiger partial charge in [-0.3, -0.25) is 9.59 Å². The molecule has 0 spiro atoms. The van der Waals surface area contributed by atoms with Gasteiger partial charge in [0.05, 0.1) is 19.9 Å². The fourth-order valence-corrected chi connectivity index (χ4v) is 3.36. The molecule has 8 heteroatoms. The van der Waals surface area contributed by atoms with Crippen LogP contribution in [0.15, 0.2) is 42.5 Å². The molecule has 2 aromatic carbocycles. The largest absolute Gasteiger partial charge is 0.497 e. The predicted octanol–water partition coefficient (Wildman–Crippen LogP) is 2.91. The molecule has 0 atom stereocenters. The average Bonchev–Trinajstić information content (AvgIpc) is 2.78. The lowest BCUT2D eigenvalue weighted by Crippen LogP contribution is -2.48. The quantitative estimate of drug-likeness (QED) is 0.753. The van der Waals surface area contributed by atoms with E-state index < -0.39 is 0 Å². The highest BCUT2D eigenvalue weighted by atomic mass is 19.1. The van der Waals surface area contributed by atoms with Crippen LogP contribution in [0.1, 0.15) is 12.8 Å². The van der Waals surface area contributed by atoms with Gasteiger partial charge in [0.2, 0.25) is 11.8 Å². The van der Waals surface area contributed by atoms with Gasteiger partial charge in [-0.25, -0.2) is 4.39 Å². The number of carbonyl (C=O) groups excluding carboxylic acids is 2. The lowest BCUT2D eigenvalue weighted by molar-refractivity contribution is -0.133. The van der Waals surface area contributed by atoms with Crippen LogP contribution in [0.3, 0.4) is 0 Å². The van der Waals surface area contributed by atoms with Crippen molar-refractivity contribution in [2.24, 2.45) is 0 Å². The van der Waals surface area contributed by atoms with Gasteiger partial charge in [0.15, 0.2) is 0 Å². The molecule has 0 radical (unpaired) electrons. The number of halogens is 1. The number of nitrogens with zero attached hydrogens (tertiary/aromatic N) is 2. The molecule has 0 aliphatic carbocycles. The van der Waals surface area contributed by atoms with Gasteiger partial charge in [0, 0.05) is 50.8 Å². The molecular formula is C22H26FN3O4. The average molecular weight is 415 g/mol. The lowest BCUT2D eigenvalue weighted by atomic mass is 10.2. The van der Waals surface area contributed by atoms with E-state index in [1.165, 1.54) is 19.2 Å². The number of piperazine rings is 1. The number of nitrogens with one attached hydrogen (secondary N) is 1. The molecule has 0 unspecified atom stereocenters. The highest BCUT2D eigenvalue weighted by Gasteiger charge is 2.22. The smallest absolute Gasteiger partial charge is 0.224 e. The summed E-state index contributed by atoms with van der Waals surface area (Å²) in [6.45, 7) is 2.49. The van der Waals surface area contributed by atoms with E-state index in [0.29, 0.717) is 43.4 Å². The third kappa shape index (κ3) is 5.40. The minimum Gasteiger partial charge on any atom is -0.497 e. The number of carbonyl (C=O) groups is 2. The minimum absolute atomic E-state index is 0.0504. The van der Waals surface area contributed by atoms with Crippen molar-refractivity contribution in [1.82, 2.24) is 4.90 Å². The Morgan fingerprint density at radius 3 is 2.30 bits per heavy atom. The first-order valence-corrected chi connectivity index (χ1v) is 9.80. The Kier molecular flexibility index (Phi) is 7.11. The standard InChI is InChI=1S/C22H26FN3O4/c1-29-18-7-8-19(20(15-18)30-2)24-21(27)9-10-22(28)26-13-11-25(12-14-26)17-5-3-16(23)4-6-17/h3-8,15H,9-14H2,1-2H3,(H,24,27). The first kappa shape index (κ1) is 21.4. The Balaban J connectivity index is 1.45. The second-order valence-corrected chi connectivity index (χ2v) is 6.96. The summed E-state index contributed by atoms with van der Waals surface area (Å²) in [5.74, 6) is 0.547. The SMILES string of the molecule is COc1ccc(NC(=O)CCC(=O)N2CCN(c3ccc(F)cc3)CC2)c(OC)c1. The predicted molar refractivity (Wildman–Crippen MR) is 113 cm³/mol. The van der Waals surface area contributed by atoms with Gasteiger partial charge in [-0.2, -0.15) is 0 Å². The molecule has 1 heterocycles. The van der Waals surface area contributed by atoms with Crippen LogP contribution in [0.5, 0.6) is 11.5 Å². The molecule has 1 N–H and O–H groups in total. The molecule has 1 aliphatic rings. The molecule has 30 heavy (non-hydrogen) atoms. The van der Waals surface area contributed by atoms with Gasteiger partial charge >= 0.3 is 0 Å². The summed E-state index contributed by atoms with van der Waals surface area (Å²) in [7, 11) is 3.07. The van der Waals surface area contributed by atoms with Gasteiger partial charge in [-0.15, -0.1) is 0 Å². The Morgan fingerprint density at radius 2 is 1.67 bits per heavy atom. The Morgan fingerprint density at radius 1 is 0.967 bits per heavy atom. The van der Waals surface area contributed by atoms with E-state index >= 15 is 0 Å². The second-order valence-electron chi connectivity index (χ2n) is 6.96. The molecular weight excluding hydrogens is 389 g/mol. The molecule has 160 valence electrons. The maximum Gasteiger partial charge on any atom is 0.224 e. The first-order valence-electron chi connectivity index (χ1n) is 9.80. The van der Waals surface area contributed by atoms with Crippen molar-refractivity contribution < 1.29 is 23.5 Å². The third-order valence-corrected chi connectivity index (χ3v) is 5.07. The highest BCUT2D eigenvalue weighted by molar-refractivity contribution is 5.94. The number of amides is 2. The van der Waals surface area contributed by atoms with Gasteiger partial charge in [0.25, 0.3) is 0 Å². The zero-order valence-corrected chi connectivity index (χ0v) is 17.2. The summed E-state index contributed by atoms with van der Waals surface area (Å²) in [4.78, 5) is 28.6. The fraction of sp³-hybridized carbons (Fsp3) is 0.364. The number of rotatable bonds is 7. The monoisotopic (exact) mass is 415 g/mol. The van der Waals surface area contributed by atoms with E-state index in [0.717, 1.165) is 5.69 Å². The maximum atomic E-state index is 13.1. The van der Waals surface area contributed by atoms with Crippen molar-refractivity contribution in [3.63, 3.8) is 0 Å². The zero-order chi connectivity index (χ0) is 21.5. The van der Waals surface area contributed by atoms with Crippen LogP contribution in [0.2, 0.25) is 0 Å². The van der Waals surface area contributed by atoms with E-state index in [-0.39, 0.29) is 30.5 Å². The van der Waals surface area contributed by atoms with Gasteiger partial charge in [-0.1, -0.05) is 0 Å². The van der Waals surface area contributed by atoms with Gasteiger partial charge in [0.1, 0.15) is 17.3 Å². The Labute approximate surface area is 175 Å². The highest BCUT2D eigenvalue weighted by Crippen LogP contribution is 2.29. The number of hydrogen-bond acceptors (Lipinski definition) is 5. The Bertz CT molecular complexity index is 880. The summed E-state index contributed by atoms with van der Waals surface area (Å²) in [6.07, 6.45) is 0.229. The van der Waals surface area contributed by atoms with Crippen molar-refractivity contribution in [2.75, 3.05) is 50.6 Å². The molecule has 0 saturated carbocycles. The molecule has 1 saturated heterocycles. The van der Waals surface area contributed by atoms with Crippen LogP contribution >= 0.6 is 0 Å².